The highest BCUT2D eigenvalue weighted by Gasteiger charge is 2.38. The van der Waals surface area contributed by atoms with Crippen molar-refractivity contribution < 1.29 is 27.8 Å². The van der Waals surface area contributed by atoms with Crippen molar-refractivity contribution >= 4 is 23.6 Å². The Bertz CT molecular complexity index is 732. The van der Waals surface area contributed by atoms with E-state index in [4.69, 9.17) is 4.74 Å². The van der Waals surface area contributed by atoms with Gasteiger partial charge in [-0.15, -0.1) is 0 Å². The number of alkyl carbamates (subject to hydrolysis) is 1. The number of pyridine rings is 1. The molecule has 1 aliphatic heterocycles. The van der Waals surface area contributed by atoms with E-state index in [2.05, 4.69) is 15.0 Å². The smallest absolute Gasteiger partial charge is 0.411 e. The summed E-state index contributed by atoms with van der Waals surface area (Å²) in [6, 6.07) is -0.565. The molecular formula is C16H18F2N4O4. The van der Waals surface area contributed by atoms with Crippen LogP contribution < -0.4 is 16.0 Å². The molecule has 1 aromatic rings. The SMILES string of the molecule is CCOC(=O)NC1=CC=C(c2ccc(NC(=O)OCC)cn2)NC1(F)F. The number of hydrogen-bond donors (Lipinski definition) is 3. The largest absolute Gasteiger partial charge is 0.450 e. The van der Waals surface area contributed by atoms with Gasteiger partial charge in [-0.1, -0.05) is 0 Å². The van der Waals surface area contributed by atoms with Gasteiger partial charge in [0.25, 0.3) is 0 Å². The molecule has 0 unspecified atom stereocenters. The Morgan fingerprint density at radius 1 is 1.12 bits per heavy atom. The quantitative estimate of drug-likeness (QED) is 0.691. The van der Waals surface area contributed by atoms with Gasteiger partial charge >= 0.3 is 18.2 Å². The lowest BCUT2D eigenvalue weighted by molar-refractivity contribution is 0.0131. The summed E-state index contributed by atoms with van der Waals surface area (Å²) in [6.07, 6.45) is 2.11. The third kappa shape index (κ3) is 4.91. The normalized spacial score (nSPS) is 15.1. The summed E-state index contributed by atoms with van der Waals surface area (Å²) in [5.41, 5.74) is -0.00603. The van der Waals surface area contributed by atoms with Crippen LogP contribution in [0.15, 0.2) is 36.2 Å². The summed E-state index contributed by atoms with van der Waals surface area (Å²) in [6.45, 7) is 3.52. The molecular weight excluding hydrogens is 350 g/mol. The molecule has 8 nitrogen and oxygen atoms in total. The van der Waals surface area contributed by atoms with Gasteiger partial charge < -0.3 is 14.8 Å². The first-order chi connectivity index (χ1) is 12.4. The fourth-order valence-corrected chi connectivity index (χ4v) is 2.01. The Morgan fingerprint density at radius 2 is 1.77 bits per heavy atom. The zero-order valence-electron chi connectivity index (χ0n) is 14.1. The second kappa shape index (κ2) is 8.28. The van der Waals surface area contributed by atoms with Gasteiger partial charge in [-0.05, 0) is 38.1 Å². The van der Waals surface area contributed by atoms with Gasteiger partial charge in [-0.25, -0.2) is 9.59 Å². The number of nitrogens with one attached hydrogen (secondary N) is 3. The topological polar surface area (TPSA) is 102 Å². The Balaban J connectivity index is 2.11. The maximum absolute atomic E-state index is 14.1. The number of nitrogens with zero attached hydrogens (tertiary/aromatic N) is 1. The minimum atomic E-state index is -3.51. The van der Waals surface area contributed by atoms with Crippen LogP contribution in [0.1, 0.15) is 19.5 Å². The molecule has 0 bridgehead atoms. The van der Waals surface area contributed by atoms with E-state index in [1.165, 1.54) is 24.4 Å². The van der Waals surface area contributed by atoms with Crippen molar-refractivity contribution in [1.82, 2.24) is 15.6 Å². The van der Waals surface area contributed by atoms with Crippen LogP contribution in [0.25, 0.3) is 5.70 Å². The Kier molecular flexibility index (Phi) is 6.10. The molecule has 10 heteroatoms. The zero-order valence-corrected chi connectivity index (χ0v) is 14.1. The van der Waals surface area contributed by atoms with Crippen LogP contribution >= 0.6 is 0 Å². The van der Waals surface area contributed by atoms with Gasteiger partial charge in [0.15, 0.2) is 0 Å². The van der Waals surface area contributed by atoms with Gasteiger partial charge in [-0.2, -0.15) is 8.78 Å². The van der Waals surface area contributed by atoms with E-state index in [1.807, 2.05) is 10.6 Å². The molecule has 0 saturated heterocycles. The molecule has 3 N–H and O–H groups in total. The number of amides is 2. The molecule has 2 rings (SSSR count). The first-order valence-corrected chi connectivity index (χ1v) is 7.78. The van der Waals surface area contributed by atoms with Crippen LogP contribution in [0.4, 0.5) is 24.1 Å². The van der Waals surface area contributed by atoms with Crippen LogP contribution in [0.2, 0.25) is 0 Å². The molecule has 140 valence electrons. The molecule has 1 aliphatic rings. The van der Waals surface area contributed by atoms with Crippen molar-refractivity contribution in [2.75, 3.05) is 18.5 Å². The van der Waals surface area contributed by atoms with Crippen LogP contribution in [-0.4, -0.2) is 36.4 Å². The number of carbonyl (C=O) groups excluding carboxylic acids is 2. The minimum Gasteiger partial charge on any atom is -0.450 e. The highest BCUT2D eigenvalue weighted by Crippen LogP contribution is 2.27. The lowest BCUT2D eigenvalue weighted by Gasteiger charge is -2.26. The third-order valence-electron chi connectivity index (χ3n) is 3.12. The summed E-state index contributed by atoms with van der Waals surface area (Å²) >= 11 is 0. The first kappa shape index (κ1) is 19.2. The van der Waals surface area contributed by atoms with E-state index in [0.717, 1.165) is 6.08 Å². The van der Waals surface area contributed by atoms with Crippen molar-refractivity contribution in [3.8, 4) is 0 Å². The summed E-state index contributed by atoms with van der Waals surface area (Å²) in [7, 11) is 0. The number of dihydropyridines is 1. The molecule has 26 heavy (non-hydrogen) atoms. The number of ether oxygens (including phenoxy) is 2. The molecule has 0 atom stereocenters. The predicted octanol–water partition coefficient (Wildman–Crippen LogP) is 2.82. The average Bonchev–Trinajstić information content (AvgIpc) is 2.57. The maximum atomic E-state index is 14.1. The van der Waals surface area contributed by atoms with Gasteiger partial charge in [0, 0.05) is 0 Å². The summed E-state index contributed by atoms with van der Waals surface area (Å²) < 4.78 is 37.6. The Labute approximate surface area is 148 Å². The molecule has 1 aromatic heterocycles. The van der Waals surface area contributed by atoms with Gasteiger partial charge in [0.05, 0.1) is 36.5 Å². The molecule has 2 amide bonds. The predicted molar refractivity (Wildman–Crippen MR) is 89.2 cm³/mol. The maximum Gasteiger partial charge on any atom is 0.411 e. The minimum absolute atomic E-state index is 0.0482. The van der Waals surface area contributed by atoms with E-state index >= 15 is 0 Å². The summed E-state index contributed by atoms with van der Waals surface area (Å²) in [5, 5.41) is 6.43. The molecule has 2 heterocycles. The van der Waals surface area contributed by atoms with Crippen molar-refractivity contribution in [1.29, 1.82) is 0 Å². The zero-order chi connectivity index (χ0) is 19.2. The lowest BCUT2D eigenvalue weighted by Crippen LogP contribution is -2.45. The molecule has 0 spiro atoms. The fraction of sp³-hybridized carbons (Fsp3) is 0.312. The van der Waals surface area contributed by atoms with Crippen molar-refractivity contribution in [3.63, 3.8) is 0 Å². The fourth-order valence-electron chi connectivity index (χ4n) is 2.01. The Hall–Kier alpha value is -3.17. The van der Waals surface area contributed by atoms with Gasteiger partial charge in [0.2, 0.25) is 0 Å². The molecule has 0 fully saturated rings. The van der Waals surface area contributed by atoms with E-state index in [9.17, 15) is 18.4 Å². The van der Waals surface area contributed by atoms with Crippen molar-refractivity contribution in [2.24, 2.45) is 0 Å². The average molecular weight is 368 g/mol. The van der Waals surface area contributed by atoms with Crippen LogP contribution in [0.5, 0.6) is 0 Å². The standard InChI is InChI=1S/C16H18F2N4O4/c1-3-25-14(23)20-10-5-6-11(19-9-10)12-7-8-13(16(17,18)22-12)21-15(24)26-4-2/h5-9,22H,3-4H2,1-2H3,(H,20,23)(H,21,24). The Morgan fingerprint density at radius 3 is 2.31 bits per heavy atom. The first-order valence-electron chi connectivity index (χ1n) is 7.78. The number of carbonyl (C=O) groups is 2. The number of halogens is 2. The van der Waals surface area contributed by atoms with Crippen LogP contribution in [-0.2, 0) is 9.47 Å². The monoisotopic (exact) mass is 368 g/mol. The van der Waals surface area contributed by atoms with Gasteiger partial charge in [-0.3, -0.25) is 15.6 Å². The number of aromatic nitrogens is 1. The third-order valence-corrected chi connectivity index (χ3v) is 3.12. The number of anilines is 1. The molecule has 0 aliphatic carbocycles. The van der Waals surface area contributed by atoms with E-state index in [0.29, 0.717) is 5.69 Å². The summed E-state index contributed by atoms with van der Waals surface area (Å²) in [5.74, 6) is 0. The highest BCUT2D eigenvalue weighted by molar-refractivity contribution is 5.84. The number of rotatable bonds is 5. The number of allylic oxidation sites excluding steroid dienone is 2. The van der Waals surface area contributed by atoms with E-state index in [1.54, 1.807) is 13.8 Å². The van der Waals surface area contributed by atoms with E-state index < -0.39 is 23.9 Å². The van der Waals surface area contributed by atoms with Crippen molar-refractivity contribution in [2.45, 2.75) is 19.9 Å². The summed E-state index contributed by atoms with van der Waals surface area (Å²) in [4.78, 5) is 26.6. The lowest BCUT2D eigenvalue weighted by atomic mass is 10.1. The second-order valence-corrected chi connectivity index (χ2v) is 4.98. The van der Waals surface area contributed by atoms with Crippen molar-refractivity contribution in [3.05, 3.63) is 41.9 Å². The molecule has 0 saturated carbocycles. The molecule has 0 aromatic carbocycles. The van der Waals surface area contributed by atoms with Gasteiger partial charge in [0.1, 0.15) is 5.70 Å². The second-order valence-electron chi connectivity index (χ2n) is 4.98. The van der Waals surface area contributed by atoms with Crippen LogP contribution in [0, 0.1) is 0 Å². The molecule has 0 radical (unpaired) electrons. The van der Waals surface area contributed by atoms with E-state index in [-0.39, 0.29) is 24.6 Å². The van der Waals surface area contributed by atoms with Crippen LogP contribution in [0.3, 0.4) is 0 Å². The number of hydrogen-bond acceptors (Lipinski definition) is 6. The highest BCUT2D eigenvalue weighted by atomic mass is 19.3. The number of alkyl halides is 2.